The van der Waals surface area contributed by atoms with Gasteiger partial charge >= 0.3 is 0 Å². The lowest BCUT2D eigenvalue weighted by Crippen LogP contribution is -2.34. The Labute approximate surface area is 178 Å². The van der Waals surface area contributed by atoms with Gasteiger partial charge in [0, 0.05) is 0 Å². The van der Waals surface area contributed by atoms with Gasteiger partial charge in [0.1, 0.15) is 11.6 Å². The highest BCUT2D eigenvalue weighted by molar-refractivity contribution is 7.22. The molecule has 0 unspecified atom stereocenters. The number of carbonyl (C=O) groups excluding carboxylic acids is 1. The highest BCUT2D eigenvalue weighted by Gasteiger charge is 2.21. The van der Waals surface area contributed by atoms with Crippen LogP contribution in [0.3, 0.4) is 0 Å². The van der Waals surface area contributed by atoms with Gasteiger partial charge in [0.15, 0.2) is 11.7 Å². The van der Waals surface area contributed by atoms with Crippen molar-refractivity contribution < 1.29 is 13.9 Å². The molecular weight excluding hydrogens is 399 g/mol. The third-order valence-electron chi connectivity index (χ3n) is 4.74. The Morgan fingerprint density at radius 3 is 2.53 bits per heavy atom. The molecule has 4 nitrogen and oxygen atoms in total. The molecule has 1 heterocycles. The van der Waals surface area contributed by atoms with Crippen LogP contribution in [-0.2, 0) is 17.8 Å². The molecule has 0 saturated heterocycles. The van der Waals surface area contributed by atoms with E-state index in [9.17, 15) is 9.18 Å². The molecule has 152 valence electrons. The Morgan fingerprint density at radius 2 is 1.80 bits per heavy atom. The van der Waals surface area contributed by atoms with Crippen LogP contribution in [0, 0.1) is 5.82 Å². The first-order valence-corrected chi connectivity index (χ1v) is 10.6. The van der Waals surface area contributed by atoms with Crippen molar-refractivity contribution in [1.29, 1.82) is 0 Å². The largest absolute Gasteiger partial charge is 0.484 e. The van der Waals surface area contributed by atoms with Crippen LogP contribution in [0.1, 0.15) is 18.1 Å². The van der Waals surface area contributed by atoms with Crippen molar-refractivity contribution in [3.8, 4) is 5.75 Å². The summed E-state index contributed by atoms with van der Waals surface area (Å²) in [7, 11) is 0. The summed E-state index contributed by atoms with van der Waals surface area (Å²) in [6.45, 7) is 2.35. The number of hydrogen-bond donors (Lipinski definition) is 0. The topological polar surface area (TPSA) is 42.4 Å². The number of amides is 1. The van der Waals surface area contributed by atoms with Crippen LogP contribution >= 0.6 is 11.3 Å². The third-order valence-corrected chi connectivity index (χ3v) is 5.78. The summed E-state index contributed by atoms with van der Waals surface area (Å²) in [6.07, 6.45) is 0.946. The van der Waals surface area contributed by atoms with Crippen LogP contribution in [0.2, 0.25) is 0 Å². The molecule has 0 aliphatic rings. The van der Waals surface area contributed by atoms with Gasteiger partial charge < -0.3 is 4.74 Å². The molecule has 0 aliphatic heterocycles. The zero-order chi connectivity index (χ0) is 20.9. The second-order valence-electron chi connectivity index (χ2n) is 6.86. The predicted octanol–water partition coefficient (Wildman–Crippen LogP) is 5.61. The Kier molecular flexibility index (Phi) is 6.05. The first kappa shape index (κ1) is 20.0. The summed E-state index contributed by atoms with van der Waals surface area (Å²) >= 11 is 1.49. The van der Waals surface area contributed by atoms with Gasteiger partial charge in [-0.05, 0) is 53.9 Å². The summed E-state index contributed by atoms with van der Waals surface area (Å²) < 4.78 is 19.7. The van der Waals surface area contributed by atoms with E-state index in [4.69, 9.17) is 9.72 Å². The quantitative estimate of drug-likeness (QED) is 0.390. The van der Waals surface area contributed by atoms with E-state index < -0.39 is 0 Å². The zero-order valence-electron chi connectivity index (χ0n) is 16.5. The van der Waals surface area contributed by atoms with Crippen molar-refractivity contribution in [3.05, 3.63) is 89.7 Å². The van der Waals surface area contributed by atoms with E-state index in [0.717, 1.165) is 22.2 Å². The van der Waals surface area contributed by atoms with Crippen molar-refractivity contribution in [2.45, 2.75) is 19.9 Å². The van der Waals surface area contributed by atoms with Crippen LogP contribution < -0.4 is 9.64 Å². The molecule has 1 aromatic heterocycles. The minimum atomic E-state index is -0.347. The third kappa shape index (κ3) is 4.66. The summed E-state index contributed by atoms with van der Waals surface area (Å²) in [6, 6.07) is 21.6. The van der Waals surface area contributed by atoms with Crippen LogP contribution in [0.4, 0.5) is 9.52 Å². The fourth-order valence-electron chi connectivity index (χ4n) is 3.07. The SMILES string of the molecule is CCc1ccc2nc(N(Cc3ccccc3)C(=O)COc3ccc(F)cc3)sc2c1. The maximum Gasteiger partial charge on any atom is 0.267 e. The number of halogens is 1. The number of rotatable bonds is 7. The summed E-state index contributed by atoms with van der Waals surface area (Å²) in [4.78, 5) is 19.4. The number of aryl methyl sites for hydroxylation is 1. The predicted molar refractivity (Wildman–Crippen MR) is 119 cm³/mol. The first-order chi connectivity index (χ1) is 14.6. The van der Waals surface area contributed by atoms with E-state index in [1.165, 1.54) is 41.2 Å². The lowest BCUT2D eigenvalue weighted by molar-refractivity contribution is -0.120. The number of aromatic nitrogens is 1. The maximum atomic E-state index is 13.1. The molecule has 4 rings (SSSR count). The van der Waals surface area contributed by atoms with Crippen molar-refractivity contribution in [2.75, 3.05) is 11.5 Å². The van der Waals surface area contributed by atoms with Crippen molar-refractivity contribution in [3.63, 3.8) is 0 Å². The number of thiazole rings is 1. The Hall–Kier alpha value is -3.25. The number of carbonyl (C=O) groups is 1. The number of hydrogen-bond acceptors (Lipinski definition) is 4. The number of benzene rings is 3. The molecule has 0 bridgehead atoms. The summed E-state index contributed by atoms with van der Waals surface area (Å²) in [5, 5.41) is 0.634. The fraction of sp³-hybridized carbons (Fsp3) is 0.167. The van der Waals surface area contributed by atoms with Crippen molar-refractivity contribution in [1.82, 2.24) is 4.98 Å². The van der Waals surface area contributed by atoms with Crippen molar-refractivity contribution in [2.24, 2.45) is 0 Å². The molecule has 4 aromatic rings. The standard InChI is InChI=1S/C24H21FN2O2S/c1-2-17-8-13-21-22(14-17)30-24(26-21)27(15-18-6-4-3-5-7-18)23(28)16-29-20-11-9-19(25)10-12-20/h3-14H,2,15-16H2,1H3. The molecular formula is C24H21FN2O2S. The lowest BCUT2D eigenvalue weighted by atomic mass is 10.2. The normalized spacial score (nSPS) is 10.9. The lowest BCUT2D eigenvalue weighted by Gasteiger charge is -2.20. The molecule has 0 fully saturated rings. The van der Waals surface area contributed by atoms with Gasteiger partial charge in [0.2, 0.25) is 0 Å². The van der Waals surface area contributed by atoms with Gasteiger partial charge in [-0.15, -0.1) is 0 Å². The molecule has 0 radical (unpaired) electrons. The van der Waals surface area contributed by atoms with Gasteiger partial charge in [0.25, 0.3) is 5.91 Å². The summed E-state index contributed by atoms with van der Waals surface area (Å²) in [5.41, 5.74) is 3.11. The van der Waals surface area contributed by atoms with E-state index in [2.05, 4.69) is 19.1 Å². The molecule has 3 aromatic carbocycles. The van der Waals surface area contributed by atoms with Gasteiger partial charge in [-0.1, -0.05) is 54.7 Å². The molecule has 0 saturated carbocycles. The van der Waals surface area contributed by atoms with Gasteiger partial charge in [-0.2, -0.15) is 0 Å². The highest BCUT2D eigenvalue weighted by Crippen LogP contribution is 2.31. The van der Waals surface area contributed by atoms with Gasteiger partial charge in [-0.3, -0.25) is 9.69 Å². The van der Waals surface area contributed by atoms with Crippen LogP contribution in [0.25, 0.3) is 10.2 Å². The van der Waals surface area contributed by atoms with E-state index in [0.29, 0.717) is 17.4 Å². The van der Waals surface area contributed by atoms with Crippen LogP contribution in [0.15, 0.2) is 72.8 Å². The van der Waals surface area contributed by atoms with E-state index in [1.54, 1.807) is 4.90 Å². The Morgan fingerprint density at radius 1 is 1.03 bits per heavy atom. The van der Waals surface area contributed by atoms with E-state index in [-0.39, 0.29) is 18.3 Å². The Bertz CT molecular complexity index is 1140. The number of nitrogens with zero attached hydrogens (tertiary/aromatic N) is 2. The van der Waals surface area contributed by atoms with E-state index in [1.807, 2.05) is 36.4 Å². The summed E-state index contributed by atoms with van der Waals surface area (Å²) in [5.74, 6) is -0.112. The number of fused-ring (bicyclic) bond motifs is 1. The van der Waals surface area contributed by atoms with E-state index >= 15 is 0 Å². The molecule has 6 heteroatoms. The first-order valence-electron chi connectivity index (χ1n) is 9.74. The minimum Gasteiger partial charge on any atom is -0.484 e. The highest BCUT2D eigenvalue weighted by atomic mass is 32.1. The Balaban J connectivity index is 1.60. The zero-order valence-corrected chi connectivity index (χ0v) is 17.4. The molecule has 30 heavy (non-hydrogen) atoms. The average molecular weight is 421 g/mol. The average Bonchev–Trinajstić information content (AvgIpc) is 3.20. The maximum absolute atomic E-state index is 13.1. The second-order valence-corrected chi connectivity index (χ2v) is 7.87. The van der Waals surface area contributed by atoms with Crippen LogP contribution in [0.5, 0.6) is 5.75 Å². The molecule has 0 aliphatic carbocycles. The molecule has 0 N–H and O–H groups in total. The number of ether oxygens (including phenoxy) is 1. The van der Waals surface area contributed by atoms with Gasteiger partial charge in [-0.25, -0.2) is 9.37 Å². The fourth-order valence-corrected chi connectivity index (χ4v) is 4.12. The smallest absolute Gasteiger partial charge is 0.267 e. The molecule has 0 atom stereocenters. The molecule has 0 spiro atoms. The second kappa shape index (κ2) is 9.05. The van der Waals surface area contributed by atoms with Crippen LogP contribution in [-0.4, -0.2) is 17.5 Å². The van der Waals surface area contributed by atoms with Crippen molar-refractivity contribution >= 4 is 32.6 Å². The molecule has 1 amide bonds. The minimum absolute atomic E-state index is 0.158. The number of anilines is 1. The monoisotopic (exact) mass is 420 g/mol. The van der Waals surface area contributed by atoms with Gasteiger partial charge in [0.05, 0.1) is 16.8 Å².